The van der Waals surface area contributed by atoms with Gasteiger partial charge in [0.15, 0.2) is 0 Å². The van der Waals surface area contributed by atoms with Gasteiger partial charge < -0.3 is 16.2 Å². The van der Waals surface area contributed by atoms with Crippen LogP contribution in [0.2, 0.25) is 0 Å². The van der Waals surface area contributed by atoms with E-state index in [0.717, 1.165) is 5.69 Å². The summed E-state index contributed by atoms with van der Waals surface area (Å²) in [6.45, 7) is 3.61. The molecule has 1 rings (SSSR count). The topological polar surface area (TPSA) is 110 Å². The molecule has 0 aliphatic carbocycles. The molecule has 0 fully saturated rings. The molecule has 18 heavy (non-hydrogen) atoms. The van der Waals surface area contributed by atoms with Gasteiger partial charge in [-0.15, -0.1) is 0 Å². The number of carboxylic acid groups (broad SMARTS) is 1. The fraction of sp³-hybridized carbons (Fsp3) is 0.545. The highest BCUT2D eigenvalue weighted by Gasteiger charge is 2.18. The fourth-order valence-electron chi connectivity index (χ4n) is 1.58. The summed E-state index contributed by atoms with van der Waals surface area (Å²) in [5.41, 5.74) is 7.78. The highest BCUT2D eigenvalue weighted by molar-refractivity contribution is 5.95. The second-order valence-corrected chi connectivity index (χ2v) is 4.20. The molecular weight excluding hydrogens is 236 g/mol. The number of aryl methyl sites for hydroxylation is 2. The van der Waals surface area contributed by atoms with Crippen molar-refractivity contribution in [2.24, 2.45) is 12.8 Å². The number of hydrogen-bond acceptors (Lipinski definition) is 4. The lowest BCUT2D eigenvalue weighted by Gasteiger charge is -2.11. The summed E-state index contributed by atoms with van der Waals surface area (Å²) < 4.78 is 1.66. The van der Waals surface area contributed by atoms with E-state index in [4.69, 9.17) is 10.8 Å². The van der Waals surface area contributed by atoms with Gasteiger partial charge in [-0.2, -0.15) is 5.10 Å². The van der Waals surface area contributed by atoms with Crippen molar-refractivity contribution in [3.63, 3.8) is 0 Å². The Bertz CT molecular complexity index is 467. The van der Waals surface area contributed by atoms with Gasteiger partial charge in [0.2, 0.25) is 5.91 Å². The second-order valence-electron chi connectivity index (χ2n) is 4.20. The van der Waals surface area contributed by atoms with E-state index in [1.165, 1.54) is 0 Å². The number of nitrogens with two attached hydrogens (primary N) is 1. The van der Waals surface area contributed by atoms with Crippen molar-refractivity contribution in [1.82, 2.24) is 9.78 Å². The van der Waals surface area contributed by atoms with E-state index in [2.05, 4.69) is 10.4 Å². The quantitative estimate of drug-likeness (QED) is 0.693. The second kappa shape index (κ2) is 5.63. The molecule has 1 aromatic rings. The summed E-state index contributed by atoms with van der Waals surface area (Å²) in [5, 5.41) is 15.4. The molecular formula is C11H18N4O3. The van der Waals surface area contributed by atoms with Crippen LogP contribution in [0, 0.1) is 13.8 Å². The highest BCUT2D eigenvalue weighted by atomic mass is 16.4. The summed E-state index contributed by atoms with van der Waals surface area (Å²) in [6.07, 6.45) is -0.0148. The number of amides is 1. The molecule has 100 valence electrons. The van der Waals surface area contributed by atoms with Gasteiger partial charge >= 0.3 is 5.97 Å². The number of nitrogens with zero attached hydrogens (tertiary/aromatic N) is 2. The Hall–Kier alpha value is -1.89. The number of carbonyl (C=O) groups excluding carboxylic acids is 1. The van der Waals surface area contributed by atoms with Crippen LogP contribution in [0.1, 0.15) is 24.2 Å². The number of nitrogens with one attached hydrogen (secondary N) is 1. The standard InChI is InChI=1S/C11H18N4O3/c1-6-10(7(2)15(3)14-6)13-11(18)8(12)4-5-9(16)17/h8H,4-5,12H2,1-3H3,(H,13,18)(H,16,17). The van der Waals surface area contributed by atoms with Crippen LogP contribution in [-0.2, 0) is 16.6 Å². The largest absolute Gasteiger partial charge is 0.481 e. The van der Waals surface area contributed by atoms with Crippen molar-refractivity contribution in [2.45, 2.75) is 32.7 Å². The fourth-order valence-corrected chi connectivity index (χ4v) is 1.58. The Morgan fingerprint density at radius 2 is 2.11 bits per heavy atom. The molecule has 0 aliphatic heterocycles. The molecule has 7 heteroatoms. The van der Waals surface area contributed by atoms with Gasteiger partial charge in [-0.05, 0) is 20.3 Å². The lowest BCUT2D eigenvalue weighted by molar-refractivity contribution is -0.137. The Labute approximate surface area is 105 Å². The van der Waals surface area contributed by atoms with Crippen LogP contribution in [-0.4, -0.2) is 32.8 Å². The number of aliphatic carboxylic acids is 1. The maximum atomic E-state index is 11.8. The molecule has 1 heterocycles. The molecule has 0 radical (unpaired) electrons. The van der Waals surface area contributed by atoms with Crippen molar-refractivity contribution >= 4 is 17.6 Å². The predicted octanol–water partition coefficient (Wildman–Crippen LogP) is 0.168. The molecule has 1 atom stereocenters. The van der Waals surface area contributed by atoms with Crippen LogP contribution in [0.25, 0.3) is 0 Å². The summed E-state index contributed by atoms with van der Waals surface area (Å²) >= 11 is 0. The average Bonchev–Trinajstić information content (AvgIpc) is 2.52. The normalized spacial score (nSPS) is 12.2. The van der Waals surface area contributed by atoms with Crippen molar-refractivity contribution in [1.29, 1.82) is 0 Å². The summed E-state index contributed by atoms with van der Waals surface area (Å²) in [6, 6.07) is -0.833. The summed E-state index contributed by atoms with van der Waals surface area (Å²) in [4.78, 5) is 22.2. The van der Waals surface area contributed by atoms with E-state index in [9.17, 15) is 9.59 Å². The lowest BCUT2D eigenvalue weighted by atomic mass is 10.1. The molecule has 4 N–H and O–H groups in total. The van der Waals surface area contributed by atoms with Crippen molar-refractivity contribution in [3.05, 3.63) is 11.4 Å². The predicted molar refractivity (Wildman–Crippen MR) is 66.2 cm³/mol. The minimum atomic E-state index is -0.966. The third-order valence-corrected chi connectivity index (χ3v) is 2.76. The Morgan fingerprint density at radius 1 is 1.50 bits per heavy atom. The van der Waals surface area contributed by atoms with Crippen LogP contribution < -0.4 is 11.1 Å². The van der Waals surface area contributed by atoms with Crippen LogP contribution in [0.3, 0.4) is 0 Å². The zero-order valence-corrected chi connectivity index (χ0v) is 10.7. The molecule has 0 aliphatic rings. The van der Waals surface area contributed by atoms with E-state index in [1.54, 1.807) is 18.7 Å². The third kappa shape index (κ3) is 3.30. The number of rotatable bonds is 5. The minimum absolute atomic E-state index is 0.111. The molecule has 1 unspecified atom stereocenters. The smallest absolute Gasteiger partial charge is 0.303 e. The van der Waals surface area contributed by atoms with E-state index < -0.39 is 17.9 Å². The van der Waals surface area contributed by atoms with Gasteiger partial charge in [-0.3, -0.25) is 14.3 Å². The first-order valence-electron chi connectivity index (χ1n) is 5.61. The maximum absolute atomic E-state index is 11.8. The highest BCUT2D eigenvalue weighted by Crippen LogP contribution is 2.18. The molecule has 1 aromatic heterocycles. The van der Waals surface area contributed by atoms with Crippen molar-refractivity contribution in [2.75, 3.05) is 5.32 Å². The molecule has 7 nitrogen and oxygen atoms in total. The van der Waals surface area contributed by atoms with Gasteiger partial charge in [0.25, 0.3) is 0 Å². The molecule has 0 spiro atoms. The van der Waals surface area contributed by atoms with Crippen LogP contribution in [0.5, 0.6) is 0 Å². The van der Waals surface area contributed by atoms with Gasteiger partial charge in [0.1, 0.15) is 0 Å². The van der Waals surface area contributed by atoms with Gasteiger partial charge in [-0.25, -0.2) is 0 Å². The van der Waals surface area contributed by atoms with Crippen LogP contribution >= 0.6 is 0 Å². The minimum Gasteiger partial charge on any atom is -0.481 e. The van der Waals surface area contributed by atoms with Gasteiger partial charge in [0.05, 0.1) is 23.1 Å². The maximum Gasteiger partial charge on any atom is 0.303 e. The van der Waals surface area contributed by atoms with E-state index in [1.807, 2.05) is 6.92 Å². The Morgan fingerprint density at radius 3 is 2.56 bits per heavy atom. The molecule has 0 saturated carbocycles. The molecule has 1 amide bonds. The average molecular weight is 254 g/mol. The van der Waals surface area contributed by atoms with E-state index in [-0.39, 0.29) is 12.8 Å². The Balaban J connectivity index is 2.66. The first-order valence-corrected chi connectivity index (χ1v) is 5.61. The lowest BCUT2D eigenvalue weighted by Crippen LogP contribution is -2.36. The van der Waals surface area contributed by atoms with E-state index >= 15 is 0 Å². The first-order chi connectivity index (χ1) is 8.32. The number of aromatic nitrogens is 2. The molecule has 0 bridgehead atoms. The zero-order chi connectivity index (χ0) is 13.9. The number of carbonyl (C=O) groups is 2. The monoisotopic (exact) mass is 254 g/mol. The summed E-state index contributed by atoms with van der Waals surface area (Å²) in [5.74, 6) is -1.36. The number of carboxylic acids is 1. The number of hydrogen-bond donors (Lipinski definition) is 3. The number of anilines is 1. The Kier molecular flexibility index (Phi) is 4.43. The third-order valence-electron chi connectivity index (χ3n) is 2.76. The van der Waals surface area contributed by atoms with E-state index in [0.29, 0.717) is 11.4 Å². The van der Waals surface area contributed by atoms with Crippen molar-refractivity contribution in [3.8, 4) is 0 Å². The van der Waals surface area contributed by atoms with Gasteiger partial charge in [0, 0.05) is 13.5 Å². The van der Waals surface area contributed by atoms with Gasteiger partial charge in [-0.1, -0.05) is 0 Å². The SMILES string of the molecule is Cc1nn(C)c(C)c1NC(=O)C(N)CCC(=O)O. The van der Waals surface area contributed by atoms with Crippen LogP contribution in [0.15, 0.2) is 0 Å². The summed E-state index contributed by atoms with van der Waals surface area (Å²) in [7, 11) is 1.78. The van der Waals surface area contributed by atoms with Crippen molar-refractivity contribution < 1.29 is 14.7 Å². The zero-order valence-electron chi connectivity index (χ0n) is 10.7. The first kappa shape index (κ1) is 14.2. The van der Waals surface area contributed by atoms with Crippen LogP contribution in [0.4, 0.5) is 5.69 Å². The molecule has 0 saturated heterocycles. The molecule has 0 aromatic carbocycles.